The molecule has 0 aliphatic rings. The van der Waals surface area contributed by atoms with Crippen LogP contribution in [0.1, 0.15) is 11.1 Å². The monoisotopic (exact) mass is 258 g/mol. The van der Waals surface area contributed by atoms with E-state index in [2.05, 4.69) is 4.98 Å². The summed E-state index contributed by atoms with van der Waals surface area (Å²) >= 11 is 0. The number of rotatable bonds is 6. The minimum absolute atomic E-state index is 0.432. The van der Waals surface area contributed by atoms with Crippen LogP contribution in [0.15, 0.2) is 42.7 Å². The molecule has 1 aromatic heterocycles. The van der Waals surface area contributed by atoms with Gasteiger partial charge in [-0.1, -0.05) is 12.1 Å². The number of hydrogen-bond donors (Lipinski definition) is 1. The van der Waals surface area contributed by atoms with E-state index in [4.69, 9.17) is 15.2 Å². The van der Waals surface area contributed by atoms with Crippen LogP contribution >= 0.6 is 0 Å². The SMILES string of the molecule is COc1cccc(CN)c1OCCc1ccncc1. The molecule has 0 saturated carbocycles. The molecule has 0 radical (unpaired) electrons. The number of benzene rings is 1. The van der Waals surface area contributed by atoms with Gasteiger partial charge >= 0.3 is 0 Å². The summed E-state index contributed by atoms with van der Waals surface area (Å²) in [5.41, 5.74) is 7.86. The highest BCUT2D eigenvalue weighted by Gasteiger charge is 2.09. The molecule has 1 heterocycles. The van der Waals surface area contributed by atoms with Crippen LogP contribution in [0.25, 0.3) is 0 Å². The van der Waals surface area contributed by atoms with Gasteiger partial charge in [0.05, 0.1) is 13.7 Å². The summed E-state index contributed by atoms with van der Waals surface area (Å²) in [7, 11) is 1.63. The number of methoxy groups -OCH3 is 1. The van der Waals surface area contributed by atoms with Gasteiger partial charge in [-0.15, -0.1) is 0 Å². The smallest absolute Gasteiger partial charge is 0.165 e. The molecule has 0 spiro atoms. The van der Waals surface area contributed by atoms with Gasteiger partial charge in [-0.05, 0) is 23.8 Å². The molecule has 0 saturated heterocycles. The number of pyridine rings is 1. The molecule has 2 rings (SSSR count). The molecule has 0 unspecified atom stereocenters. The molecule has 0 atom stereocenters. The summed E-state index contributed by atoms with van der Waals surface area (Å²) in [6.45, 7) is 1.01. The van der Waals surface area contributed by atoms with Gasteiger partial charge in [-0.2, -0.15) is 0 Å². The molecule has 100 valence electrons. The van der Waals surface area contributed by atoms with E-state index in [-0.39, 0.29) is 0 Å². The Hall–Kier alpha value is -2.07. The van der Waals surface area contributed by atoms with E-state index >= 15 is 0 Å². The molecular weight excluding hydrogens is 240 g/mol. The van der Waals surface area contributed by atoms with E-state index in [0.717, 1.165) is 23.5 Å². The van der Waals surface area contributed by atoms with Gasteiger partial charge in [0.2, 0.25) is 0 Å². The van der Waals surface area contributed by atoms with Crippen LogP contribution in [0.2, 0.25) is 0 Å². The van der Waals surface area contributed by atoms with Gasteiger partial charge in [0.1, 0.15) is 0 Å². The van der Waals surface area contributed by atoms with Crippen molar-refractivity contribution in [3.63, 3.8) is 0 Å². The Kier molecular flexibility index (Phi) is 4.75. The van der Waals surface area contributed by atoms with Crippen LogP contribution in [-0.2, 0) is 13.0 Å². The lowest BCUT2D eigenvalue weighted by Crippen LogP contribution is -2.07. The number of hydrogen-bond acceptors (Lipinski definition) is 4. The minimum Gasteiger partial charge on any atom is -0.493 e. The van der Waals surface area contributed by atoms with Crippen molar-refractivity contribution in [3.8, 4) is 11.5 Å². The zero-order valence-corrected chi connectivity index (χ0v) is 11.0. The summed E-state index contributed by atoms with van der Waals surface area (Å²) in [4.78, 5) is 3.99. The first kappa shape index (κ1) is 13.4. The lowest BCUT2D eigenvalue weighted by Gasteiger charge is -2.14. The lowest BCUT2D eigenvalue weighted by molar-refractivity contribution is 0.294. The van der Waals surface area contributed by atoms with Gasteiger partial charge in [-0.3, -0.25) is 4.98 Å². The van der Waals surface area contributed by atoms with Gasteiger partial charge < -0.3 is 15.2 Å². The molecule has 4 heteroatoms. The third kappa shape index (κ3) is 3.45. The van der Waals surface area contributed by atoms with Crippen LogP contribution in [-0.4, -0.2) is 18.7 Å². The molecule has 0 aliphatic heterocycles. The average molecular weight is 258 g/mol. The first-order chi connectivity index (χ1) is 9.35. The Morgan fingerprint density at radius 1 is 1.16 bits per heavy atom. The average Bonchev–Trinajstić information content (AvgIpc) is 2.48. The van der Waals surface area contributed by atoms with Crippen molar-refractivity contribution in [1.29, 1.82) is 0 Å². The Labute approximate surface area is 113 Å². The predicted molar refractivity (Wildman–Crippen MR) is 74.3 cm³/mol. The number of ether oxygens (including phenoxy) is 2. The predicted octanol–water partition coefficient (Wildman–Crippen LogP) is 2.17. The standard InChI is InChI=1S/C15H18N2O2/c1-18-14-4-2-3-13(11-16)15(14)19-10-7-12-5-8-17-9-6-12/h2-6,8-9H,7,10-11,16H2,1H3. The molecule has 0 fully saturated rings. The van der Waals surface area contributed by atoms with Crippen molar-refractivity contribution in [2.45, 2.75) is 13.0 Å². The first-order valence-electron chi connectivity index (χ1n) is 6.22. The van der Waals surface area contributed by atoms with Crippen LogP contribution in [0.4, 0.5) is 0 Å². The number of para-hydroxylation sites is 1. The third-order valence-electron chi connectivity index (χ3n) is 2.89. The minimum atomic E-state index is 0.432. The molecule has 4 nitrogen and oxygen atoms in total. The van der Waals surface area contributed by atoms with Gasteiger partial charge in [-0.25, -0.2) is 0 Å². The summed E-state index contributed by atoms with van der Waals surface area (Å²) in [5.74, 6) is 1.46. The highest BCUT2D eigenvalue weighted by molar-refractivity contribution is 5.46. The summed E-state index contributed by atoms with van der Waals surface area (Å²) in [5, 5.41) is 0. The number of nitrogens with two attached hydrogens (primary N) is 1. The zero-order valence-electron chi connectivity index (χ0n) is 11.0. The van der Waals surface area contributed by atoms with E-state index in [1.54, 1.807) is 19.5 Å². The van der Waals surface area contributed by atoms with Crippen LogP contribution < -0.4 is 15.2 Å². The second-order valence-electron chi connectivity index (χ2n) is 4.11. The maximum atomic E-state index is 5.83. The van der Waals surface area contributed by atoms with Crippen LogP contribution in [0.3, 0.4) is 0 Å². The quantitative estimate of drug-likeness (QED) is 0.862. The molecular formula is C15H18N2O2. The summed E-state index contributed by atoms with van der Waals surface area (Å²) in [6, 6.07) is 9.70. The summed E-state index contributed by atoms with van der Waals surface area (Å²) in [6.07, 6.45) is 4.39. The lowest BCUT2D eigenvalue weighted by atomic mass is 10.2. The van der Waals surface area contributed by atoms with Crippen LogP contribution in [0.5, 0.6) is 11.5 Å². The number of nitrogens with zero attached hydrogens (tertiary/aromatic N) is 1. The first-order valence-corrected chi connectivity index (χ1v) is 6.22. The second-order valence-corrected chi connectivity index (χ2v) is 4.11. The van der Waals surface area contributed by atoms with Gasteiger partial charge in [0.25, 0.3) is 0 Å². The Bertz CT molecular complexity index is 493. The van der Waals surface area contributed by atoms with E-state index in [1.807, 2.05) is 30.3 Å². The second kappa shape index (κ2) is 6.75. The third-order valence-corrected chi connectivity index (χ3v) is 2.89. The largest absolute Gasteiger partial charge is 0.493 e. The molecule has 2 N–H and O–H groups in total. The van der Waals surface area contributed by atoms with Crippen LogP contribution in [0, 0.1) is 0 Å². The van der Waals surface area contributed by atoms with E-state index in [9.17, 15) is 0 Å². The molecule has 0 aliphatic carbocycles. The fourth-order valence-corrected chi connectivity index (χ4v) is 1.87. The van der Waals surface area contributed by atoms with Crippen molar-refractivity contribution in [2.24, 2.45) is 5.73 Å². The van der Waals surface area contributed by atoms with Crippen molar-refractivity contribution in [3.05, 3.63) is 53.9 Å². The van der Waals surface area contributed by atoms with Crippen molar-refractivity contribution in [1.82, 2.24) is 4.98 Å². The highest BCUT2D eigenvalue weighted by atomic mass is 16.5. The van der Waals surface area contributed by atoms with E-state index < -0.39 is 0 Å². The van der Waals surface area contributed by atoms with Crippen molar-refractivity contribution < 1.29 is 9.47 Å². The van der Waals surface area contributed by atoms with E-state index in [1.165, 1.54) is 5.56 Å². The Balaban J connectivity index is 2.02. The molecule has 2 aromatic rings. The molecule has 0 bridgehead atoms. The van der Waals surface area contributed by atoms with Gasteiger partial charge in [0.15, 0.2) is 11.5 Å². The molecule has 0 amide bonds. The van der Waals surface area contributed by atoms with Gasteiger partial charge in [0, 0.05) is 30.9 Å². The van der Waals surface area contributed by atoms with E-state index in [0.29, 0.717) is 13.2 Å². The Morgan fingerprint density at radius 3 is 2.63 bits per heavy atom. The maximum absolute atomic E-state index is 5.83. The fourth-order valence-electron chi connectivity index (χ4n) is 1.87. The highest BCUT2D eigenvalue weighted by Crippen LogP contribution is 2.30. The fraction of sp³-hybridized carbons (Fsp3) is 0.267. The maximum Gasteiger partial charge on any atom is 0.165 e. The van der Waals surface area contributed by atoms with Crippen molar-refractivity contribution in [2.75, 3.05) is 13.7 Å². The van der Waals surface area contributed by atoms with Crippen molar-refractivity contribution >= 4 is 0 Å². The number of aromatic nitrogens is 1. The topological polar surface area (TPSA) is 57.4 Å². The molecule has 1 aromatic carbocycles. The molecule has 19 heavy (non-hydrogen) atoms. The summed E-state index contributed by atoms with van der Waals surface area (Å²) < 4.78 is 11.1. The normalized spacial score (nSPS) is 10.2. The Morgan fingerprint density at radius 2 is 1.95 bits per heavy atom. The zero-order chi connectivity index (χ0) is 13.5.